The van der Waals surface area contributed by atoms with Gasteiger partial charge in [-0.25, -0.2) is 24.5 Å². The second-order valence-electron chi connectivity index (χ2n) is 9.80. The highest BCUT2D eigenvalue weighted by Crippen LogP contribution is 2.61. The number of imidazole rings is 2. The number of thiol groups is 1. The minimum Gasteiger partial charge on any atom is -0.390 e. The molecule has 41 heavy (non-hydrogen) atoms. The third-order valence-electron chi connectivity index (χ3n) is 7.31. The Morgan fingerprint density at radius 2 is 1.73 bits per heavy atom. The van der Waals surface area contributed by atoms with Crippen molar-refractivity contribution in [1.82, 2.24) is 39.0 Å². The maximum absolute atomic E-state index is 13.3. The number of hydrogen-bond acceptors (Lipinski definition) is 16. The minimum absolute atomic E-state index is 0.00622. The van der Waals surface area contributed by atoms with Gasteiger partial charge in [-0.15, -0.1) is 0 Å². The number of anilines is 2. The molecule has 21 heteroatoms. The zero-order valence-corrected chi connectivity index (χ0v) is 22.4. The number of H-pyrrole nitrogens is 1. The lowest BCUT2D eigenvalue weighted by Crippen LogP contribution is -2.34. The Labute approximate surface area is 233 Å². The lowest BCUT2D eigenvalue weighted by atomic mass is 10.1. The number of nitrogens with one attached hydrogen (secondary N) is 1. The van der Waals surface area contributed by atoms with E-state index in [1.807, 2.05) is 0 Å². The first-order valence-corrected chi connectivity index (χ1v) is 14.9. The van der Waals surface area contributed by atoms with Crippen LogP contribution in [0.2, 0.25) is 0 Å². The molecule has 2 aliphatic heterocycles. The van der Waals surface area contributed by atoms with Crippen molar-refractivity contribution >= 4 is 53.1 Å². The fraction of sp³-hybridized carbons (Fsp3) is 0.500. The van der Waals surface area contributed by atoms with Gasteiger partial charge in [0.2, 0.25) is 5.95 Å². The Morgan fingerprint density at radius 3 is 2.51 bits per heavy atom. The number of ether oxygens (including phenoxy) is 2. The summed E-state index contributed by atoms with van der Waals surface area (Å²) in [6, 6.07) is 0. The third kappa shape index (κ3) is 4.30. The lowest BCUT2D eigenvalue weighted by molar-refractivity contribution is -0.0664. The van der Waals surface area contributed by atoms with Crippen molar-refractivity contribution in [2.75, 3.05) is 18.1 Å². The van der Waals surface area contributed by atoms with Gasteiger partial charge in [0, 0.05) is 5.92 Å². The molecule has 3 aliphatic rings. The van der Waals surface area contributed by atoms with Gasteiger partial charge in [-0.05, 0) is 0 Å². The van der Waals surface area contributed by atoms with Crippen molar-refractivity contribution in [3.8, 4) is 0 Å². The zero-order chi connectivity index (χ0) is 28.8. The van der Waals surface area contributed by atoms with Crippen molar-refractivity contribution in [2.45, 2.75) is 49.1 Å². The number of nitrogens with two attached hydrogens (primary N) is 2. The summed E-state index contributed by atoms with van der Waals surface area (Å²) in [7, 11) is 0. The van der Waals surface area contributed by atoms with Gasteiger partial charge >= 0.3 is 6.80 Å². The van der Waals surface area contributed by atoms with E-state index in [-0.39, 0.29) is 34.1 Å². The van der Waals surface area contributed by atoms with E-state index < -0.39 is 74.0 Å². The number of aliphatic hydroxyl groups is 3. The van der Waals surface area contributed by atoms with Gasteiger partial charge in [0.25, 0.3) is 5.56 Å². The monoisotopic (exact) mass is 610 g/mol. The topological polar surface area (TPSA) is 274 Å². The molecule has 7 rings (SSSR count). The van der Waals surface area contributed by atoms with E-state index in [2.05, 4.69) is 42.2 Å². The molecule has 218 valence electrons. The van der Waals surface area contributed by atoms with E-state index in [1.165, 1.54) is 28.1 Å². The van der Waals surface area contributed by atoms with E-state index in [4.69, 9.17) is 30.0 Å². The number of nitrogen functional groups attached to an aromatic ring is 2. The molecule has 4 aromatic rings. The summed E-state index contributed by atoms with van der Waals surface area (Å²) >= 11 is 4.07. The molecule has 10 atom stereocenters. The molecule has 1 aliphatic carbocycles. The summed E-state index contributed by atoms with van der Waals surface area (Å²) in [4.78, 5) is 34.8. The Hall–Kier alpha value is -3.20. The van der Waals surface area contributed by atoms with Crippen LogP contribution in [0.1, 0.15) is 12.5 Å². The predicted molar refractivity (Wildman–Crippen MR) is 139 cm³/mol. The summed E-state index contributed by atoms with van der Waals surface area (Å²) in [5.41, 5.74) is 11.6. The van der Waals surface area contributed by atoms with Crippen LogP contribution >= 0.6 is 19.0 Å². The van der Waals surface area contributed by atoms with Crippen LogP contribution in [0.4, 0.5) is 11.8 Å². The van der Waals surface area contributed by atoms with Crippen molar-refractivity contribution in [3.63, 3.8) is 0 Å². The van der Waals surface area contributed by atoms with Crippen LogP contribution in [0.15, 0.2) is 23.8 Å². The van der Waals surface area contributed by atoms with E-state index >= 15 is 0 Å². The van der Waals surface area contributed by atoms with Gasteiger partial charge in [0.05, 0.1) is 31.5 Å². The highest BCUT2D eigenvalue weighted by Gasteiger charge is 2.66. The van der Waals surface area contributed by atoms with Crippen molar-refractivity contribution in [3.05, 3.63) is 29.3 Å². The smallest absolute Gasteiger partial charge is 0.386 e. The SMILES string of the molecule is Nc1nc2c(ncn2[C@@H]2O[C@@H]3C(O)C3[C@H]2OP(=O)(S)OC[C@H]2O[C@@H](n3cnc4c(N)ncnc43)[C@H](O)[C@H]2O)c(=O)[nH]1. The third-order valence-corrected chi connectivity index (χ3v) is 8.92. The molecule has 0 amide bonds. The van der Waals surface area contributed by atoms with Gasteiger partial charge in [0.15, 0.2) is 35.1 Å². The van der Waals surface area contributed by atoms with Gasteiger partial charge in [-0.1, -0.05) is 12.2 Å². The number of fused-ring (bicyclic) bond motifs is 3. The van der Waals surface area contributed by atoms with Crippen LogP contribution in [-0.4, -0.2) is 97.6 Å². The number of rotatable bonds is 7. The first-order valence-electron chi connectivity index (χ1n) is 12.2. The molecular weight excluding hydrogens is 587 g/mol. The minimum atomic E-state index is -4.19. The molecule has 0 bridgehead atoms. The quantitative estimate of drug-likeness (QED) is 0.0886. The number of aromatic nitrogens is 8. The Morgan fingerprint density at radius 1 is 1.00 bits per heavy atom. The van der Waals surface area contributed by atoms with Crippen LogP contribution in [0, 0.1) is 5.92 Å². The van der Waals surface area contributed by atoms with Crippen molar-refractivity contribution in [1.29, 1.82) is 0 Å². The maximum Gasteiger partial charge on any atom is 0.386 e. The van der Waals surface area contributed by atoms with Gasteiger partial charge in [-0.2, -0.15) is 4.98 Å². The Kier molecular flexibility index (Phi) is 6.12. The second-order valence-corrected chi connectivity index (χ2v) is 12.7. The Balaban J connectivity index is 1.07. The van der Waals surface area contributed by atoms with E-state index in [9.17, 15) is 24.7 Å². The molecule has 0 radical (unpaired) electrons. The number of aliphatic hydroxyl groups excluding tert-OH is 3. The van der Waals surface area contributed by atoms with Crippen LogP contribution in [0.5, 0.6) is 0 Å². The van der Waals surface area contributed by atoms with Gasteiger partial charge in [-0.3, -0.25) is 28.0 Å². The fourth-order valence-corrected chi connectivity index (χ4v) is 6.73. The summed E-state index contributed by atoms with van der Waals surface area (Å²) in [5.74, 6) is -0.602. The first kappa shape index (κ1) is 26.7. The van der Waals surface area contributed by atoms with Gasteiger partial charge in [0.1, 0.15) is 36.3 Å². The normalized spacial score (nSPS) is 34.3. The second kappa shape index (κ2) is 9.41. The standard InChI is InChI=1S/C20H23N10O9PS/c21-14-7-15(24-2-23-14)29(3-25-7)18-11(33)9(31)5(37-18)1-36-40(35,41)39-13-6-10(32)12(6)38-19(13)30-4-26-8-16(30)27-20(22)28-17(8)34/h2-6,9-13,18-19,31-33H,1H2,(H,35,41)(H2,21,23,24)(H3,22,27,28,34)/t5-,6?,9+,10?,11-,12+,13-,18-,19-,40?/m1/s1. The molecule has 0 aromatic carbocycles. The van der Waals surface area contributed by atoms with E-state index in [1.54, 1.807) is 0 Å². The molecule has 0 spiro atoms. The van der Waals surface area contributed by atoms with E-state index in [0.717, 1.165) is 0 Å². The molecule has 4 aromatic heterocycles. The molecule has 19 nitrogen and oxygen atoms in total. The average molecular weight is 611 g/mol. The summed E-state index contributed by atoms with van der Waals surface area (Å²) in [6.07, 6.45) is -4.87. The molecule has 3 unspecified atom stereocenters. The number of hydrogen-bond donors (Lipinski definition) is 7. The summed E-state index contributed by atoms with van der Waals surface area (Å²) in [5, 5.41) is 31.5. The first-order chi connectivity index (χ1) is 19.5. The van der Waals surface area contributed by atoms with Crippen molar-refractivity contribution in [2.24, 2.45) is 5.92 Å². The largest absolute Gasteiger partial charge is 0.390 e. The molecule has 6 heterocycles. The average Bonchev–Trinajstić information content (AvgIpc) is 3.40. The number of aromatic amines is 1. The van der Waals surface area contributed by atoms with E-state index in [0.29, 0.717) is 0 Å². The molecule has 3 fully saturated rings. The van der Waals surface area contributed by atoms with Crippen LogP contribution in [0.25, 0.3) is 22.3 Å². The lowest BCUT2D eigenvalue weighted by Gasteiger charge is -2.27. The Bertz CT molecular complexity index is 1770. The molecule has 1 saturated carbocycles. The van der Waals surface area contributed by atoms with Crippen molar-refractivity contribution < 1.29 is 38.4 Å². The molecule has 8 N–H and O–H groups in total. The highest BCUT2D eigenvalue weighted by molar-refractivity contribution is 8.44. The predicted octanol–water partition coefficient (Wildman–Crippen LogP) is -1.93. The summed E-state index contributed by atoms with van der Waals surface area (Å²) < 4.78 is 38.9. The zero-order valence-electron chi connectivity index (χ0n) is 20.6. The van der Waals surface area contributed by atoms with Crippen LogP contribution in [0.3, 0.4) is 0 Å². The van der Waals surface area contributed by atoms with Crippen LogP contribution in [-0.2, 0) is 23.1 Å². The maximum atomic E-state index is 13.3. The molecular formula is C20H23N10O9PS. The number of nitrogens with zero attached hydrogens (tertiary/aromatic N) is 7. The molecule has 2 saturated heterocycles. The van der Waals surface area contributed by atoms with Crippen LogP contribution < -0.4 is 17.0 Å². The highest BCUT2D eigenvalue weighted by atomic mass is 32.7. The summed E-state index contributed by atoms with van der Waals surface area (Å²) in [6.45, 7) is -4.68. The van der Waals surface area contributed by atoms with Gasteiger partial charge < -0.3 is 36.3 Å². The fourth-order valence-electron chi connectivity index (χ4n) is 5.25.